The number of furan rings is 1. The van der Waals surface area contributed by atoms with E-state index in [4.69, 9.17) is 21.4 Å². The van der Waals surface area contributed by atoms with E-state index in [1.165, 1.54) is 23.0 Å². The van der Waals surface area contributed by atoms with Gasteiger partial charge in [0.15, 0.2) is 11.6 Å². The van der Waals surface area contributed by atoms with Gasteiger partial charge in [-0.25, -0.2) is 5.10 Å². The Kier molecular flexibility index (Phi) is 4.94. The van der Waals surface area contributed by atoms with Crippen molar-refractivity contribution in [1.82, 2.24) is 14.9 Å². The molecule has 0 amide bonds. The molecule has 1 N–H and O–H groups in total. The van der Waals surface area contributed by atoms with Crippen LogP contribution in [-0.4, -0.2) is 26.0 Å². The maximum Gasteiger partial charge on any atom is 0.433 e. The zero-order valence-electron chi connectivity index (χ0n) is 14.0. The Morgan fingerprint density at radius 1 is 1.38 bits per heavy atom. The molecule has 0 aliphatic carbocycles. The molecule has 0 saturated heterocycles. The first-order valence-electron chi connectivity index (χ1n) is 7.58. The molecule has 10 heteroatoms. The summed E-state index contributed by atoms with van der Waals surface area (Å²) in [5.74, 6) is 1.03. The molecule has 0 spiro atoms. The van der Waals surface area contributed by atoms with E-state index in [9.17, 15) is 10.1 Å². The molecule has 0 bridgehead atoms. The molecule has 134 valence electrons. The number of nitrogens with one attached hydrogen (secondary N) is 1. The van der Waals surface area contributed by atoms with Gasteiger partial charge in [0.1, 0.15) is 17.3 Å². The molecule has 9 nitrogen and oxygen atoms in total. The second kappa shape index (κ2) is 7.31. The molecule has 0 aliphatic rings. The minimum Gasteiger partial charge on any atom is -0.486 e. The van der Waals surface area contributed by atoms with E-state index < -0.39 is 4.92 Å². The fourth-order valence-electron chi connectivity index (χ4n) is 2.33. The summed E-state index contributed by atoms with van der Waals surface area (Å²) in [4.78, 5) is 10.0. The van der Waals surface area contributed by atoms with Crippen molar-refractivity contribution in [2.75, 3.05) is 0 Å². The summed E-state index contributed by atoms with van der Waals surface area (Å²) in [7, 11) is 0. The van der Waals surface area contributed by atoms with Gasteiger partial charge in [-0.2, -0.15) is 14.9 Å². The molecule has 2 aromatic heterocycles. The van der Waals surface area contributed by atoms with Gasteiger partial charge in [0.2, 0.25) is 4.77 Å². The topological polar surface area (TPSA) is 111 Å². The first-order chi connectivity index (χ1) is 12.4. The molecule has 0 fully saturated rings. The third-order valence-corrected chi connectivity index (χ3v) is 3.64. The summed E-state index contributed by atoms with van der Waals surface area (Å²) >= 11 is 5.14. The first-order valence-corrected chi connectivity index (χ1v) is 7.99. The normalized spacial score (nSPS) is 11.2. The number of benzene rings is 1. The zero-order chi connectivity index (χ0) is 18.7. The average Bonchev–Trinajstić information content (AvgIpc) is 3.17. The predicted octanol–water partition coefficient (Wildman–Crippen LogP) is 3.52. The summed E-state index contributed by atoms with van der Waals surface area (Å²) < 4.78 is 12.4. The second-order valence-electron chi connectivity index (χ2n) is 5.55. The van der Waals surface area contributed by atoms with Crippen LogP contribution >= 0.6 is 12.2 Å². The number of H-pyrrole nitrogens is 1. The molecule has 0 saturated carbocycles. The van der Waals surface area contributed by atoms with Gasteiger partial charge in [-0.05, 0) is 55.4 Å². The molecule has 3 rings (SSSR count). The van der Waals surface area contributed by atoms with E-state index in [2.05, 4.69) is 21.4 Å². The molecule has 26 heavy (non-hydrogen) atoms. The fraction of sp³-hybridized carbons (Fsp3) is 0.188. The van der Waals surface area contributed by atoms with E-state index in [-0.39, 0.29) is 23.0 Å². The highest BCUT2D eigenvalue weighted by molar-refractivity contribution is 7.71. The van der Waals surface area contributed by atoms with Crippen molar-refractivity contribution >= 4 is 24.3 Å². The van der Waals surface area contributed by atoms with Crippen LogP contribution in [0, 0.1) is 28.7 Å². The molecule has 3 aromatic rings. The maximum absolute atomic E-state index is 10.6. The van der Waals surface area contributed by atoms with Gasteiger partial charge in [0.25, 0.3) is 0 Å². The number of nitrogens with zero attached hydrogens (tertiary/aromatic N) is 4. The van der Waals surface area contributed by atoms with Gasteiger partial charge in [-0.3, -0.25) is 10.1 Å². The van der Waals surface area contributed by atoms with Crippen LogP contribution in [0.2, 0.25) is 0 Å². The van der Waals surface area contributed by atoms with E-state index >= 15 is 0 Å². The smallest absolute Gasteiger partial charge is 0.433 e. The van der Waals surface area contributed by atoms with Crippen molar-refractivity contribution in [3.8, 4) is 5.75 Å². The van der Waals surface area contributed by atoms with Gasteiger partial charge < -0.3 is 9.15 Å². The molecule has 0 atom stereocenters. The molecule has 2 heterocycles. The van der Waals surface area contributed by atoms with E-state index in [0.717, 1.165) is 11.1 Å². The summed E-state index contributed by atoms with van der Waals surface area (Å²) in [6.07, 6.45) is 1.32. The highest BCUT2D eigenvalue weighted by Gasteiger charge is 2.11. The van der Waals surface area contributed by atoms with Crippen LogP contribution in [0.1, 0.15) is 22.7 Å². The van der Waals surface area contributed by atoms with Gasteiger partial charge in [-0.1, -0.05) is 6.07 Å². The number of aromatic amines is 1. The average molecular weight is 373 g/mol. The lowest BCUT2D eigenvalue weighted by Crippen LogP contribution is -2.04. The SMILES string of the molecule is Cc1cc(C)cc(OCc2n[nH]c(=S)n2/N=C\c2ccc([N+](=O)[O-])o2)c1. The summed E-state index contributed by atoms with van der Waals surface area (Å²) in [6.45, 7) is 4.12. The third-order valence-electron chi connectivity index (χ3n) is 3.37. The van der Waals surface area contributed by atoms with Crippen LogP contribution in [-0.2, 0) is 6.61 Å². The van der Waals surface area contributed by atoms with E-state index in [0.29, 0.717) is 11.6 Å². The van der Waals surface area contributed by atoms with Crippen molar-refractivity contribution in [3.63, 3.8) is 0 Å². The second-order valence-corrected chi connectivity index (χ2v) is 5.93. The quantitative estimate of drug-likeness (QED) is 0.306. The summed E-state index contributed by atoms with van der Waals surface area (Å²) in [5, 5.41) is 21.5. The van der Waals surface area contributed by atoms with Crippen molar-refractivity contribution in [1.29, 1.82) is 0 Å². The number of aryl methyl sites for hydroxylation is 2. The largest absolute Gasteiger partial charge is 0.486 e. The van der Waals surface area contributed by atoms with Crippen LogP contribution in [0.3, 0.4) is 0 Å². The van der Waals surface area contributed by atoms with Crippen molar-refractivity contribution < 1.29 is 14.1 Å². The van der Waals surface area contributed by atoms with Gasteiger partial charge >= 0.3 is 5.88 Å². The van der Waals surface area contributed by atoms with Gasteiger partial charge in [0.05, 0.1) is 12.3 Å². The Morgan fingerprint density at radius 3 is 2.77 bits per heavy atom. The summed E-state index contributed by atoms with van der Waals surface area (Å²) in [6, 6.07) is 8.58. The molecular formula is C16H15N5O4S. The molecule has 0 unspecified atom stereocenters. The van der Waals surface area contributed by atoms with Crippen molar-refractivity contribution in [2.24, 2.45) is 5.10 Å². The third kappa shape index (κ3) is 4.03. The lowest BCUT2D eigenvalue weighted by Gasteiger charge is -2.07. The van der Waals surface area contributed by atoms with E-state index in [1.807, 2.05) is 26.0 Å². The van der Waals surface area contributed by atoms with Crippen LogP contribution in [0.5, 0.6) is 5.75 Å². The summed E-state index contributed by atoms with van der Waals surface area (Å²) in [5.41, 5.74) is 2.19. The predicted molar refractivity (Wildman–Crippen MR) is 96.0 cm³/mol. The lowest BCUT2D eigenvalue weighted by atomic mass is 10.1. The molecule has 0 aliphatic heterocycles. The minimum absolute atomic E-state index is 0.145. The molecule has 0 radical (unpaired) electrons. The van der Waals surface area contributed by atoms with Crippen molar-refractivity contribution in [2.45, 2.75) is 20.5 Å². The van der Waals surface area contributed by atoms with Gasteiger partial charge in [-0.15, -0.1) is 0 Å². The number of aromatic nitrogens is 3. The van der Waals surface area contributed by atoms with Crippen LogP contribution in [0.4, 0.5) is 5.88 Å². The Morgan fingerprint density at radius 2 is 2.12 bits per heavy atom. The monoisotopic (exact) mass is 373 g/mol. The van der Waals surface area contributed by atoms with Crippen LogP contribution < -0.4 is 4.74 Å². The minimum atomic E-state index is -0.621. The Hall–Kier alpha value is -3.27. The molecule has 1 aromatic carbocycles. The number of rotatable bonds is 6. The Bertz CT molecular complexity index is 1010. The first kappa shape index (κ1) is 17.5. The number of hydrogen-bond donors (Lipinski definition) is 1. The number of ether oxygens (including phenoxy) is 1. The highest BCUT2D eigenvalue weighted by Crippen LogP contribution is 2.18. The number of hydrogen-bond acceptors (Lipinski definition) is 7. The van der Waals surface area contributed by atoms with Crippen LogP contribution in [0.15, 0.2) is 39.9 Å². The fourth-order valence-corrected chi connectivity index (χ4v) is 2.52. The Balaban J connectivity index is 1.76. The standard InChI is InChI=1S/C16H15N5O4S/c1-10-5-11(2)7-13(6-10)24-9-14-18-19-16(26)20(14)17-8-12-3-4-15(25-12)21(22)23/h3-8H,9H2,1-2H3,(H,19,26)/b17-8-. The highest BCUT2D eigenvalue weighted by atomic mass is 32.1. The Labute approximate surface area is 153 Å². The van der Waals surface area contributed by atoms with Crippen molar-refractivity contribution in [3.05, 3.63) is 67.9 Å². The van der Waals surface area contributed by atoms with Crippen LogP contribution in [0.25, 0.3) is 0 Å². The van der Waals surface area contributed by atoms with E-state index in [1.54, 1.807) is 0 Å². The lowest BCUT2D eigenvalue weighted by molar-refractivity contribution is -0.402. The number of nitro groups is 1. The zero-order valence-corrected chi connectivity index (χ0v) is 14.8. The molecular weight excluding hydrogens is 358 g/mol. The maximum atomic E-state index is 10.6. The van der Waals surface area contributed by atoms with Gasteiger partial charge in [0, 0.05) is 0 Å².